The van der Waals surface area contributed by atoms with E-state index in [0.717, 1.165) is 27.6 Å². The van der Waals surface area contributed by atoms with Crippen molar-refractivity contribution in [1.82, 2.24) is 34.5 Å². The van der Waals surface area contributed by atoms with Crippen LogP contribution in [0.3, 0.4) is 0 Å². The number of halogens is 1. The van der Waals surface area contributed by atoms with Gasteiger partial charge in [0.05, 0.1) is 24.1 Å². The lowest BCUT2D eigenvalue weighted by Gasteiger charge is -2.21. The molecule has 6 aromatic rings. The van der Waals surface area contributed by atoms with E-state index in [1.807, 2.05) is 38.1 Å². The summed E-state index contributed by atoms with van der Waals surface area (Å²) in [5, 5.41) is 14.3. The van der Waals surface area contributed by atoms with Crippen LogP contribution in [0.15, 0.2) is 69.0 Å². The highest BCUT2D eigenvalue weighted by atomic mass is 35.5. The summed E-state index contributed by atoms with van der Waals surface area (Å²) in [6.45, 7) is 4.37. The lowest BCUT2D eigenvalue weighted by Crippen LogP contribution is -2.21. The van der Waals surface area contributed by atoms with Crippen LogP contribution < -0.4 is 16.6 Å². The highest BCUT2D eigenvalue weighted by Gasteiger charge is 2.21. The molecule has 0 aliphatic rings. The second-order valence-corrected chi connectivity index (χ2v) is 9.73. The quantitative estimate of drug-likeness (QED) is 0.299. The van der Waals surface area contributed by atoms with Crippen LogP contribution >= 0.6 is 11.6 Å². The first-order chi connectivity index (χ1) is 18.8. The van der Waals surface area contributed by atoms with Crippen molar-refractivity contribution >= 4 is 39.1 Å². The summed E-state index contributed by atoms with van der Waals surface area (Å²) in [6, 6.07) is 12.8. The number of nitrogens with zero attached hydrogens (tertiary/aromatic N) is 6. The number of aromatic nitrogens is 7. The average molecular weight is 543 g/mol. The number of H-pyrrole nitrogens is 1. The SMILES string of the molecule is Cc1cc(C(C)Nc2ccc(Cl)nc2-c2noc(=O)[nH]2)c2c(c1)c(=O)n(C)c1c2cnn1Cc1ccccn1. The second-order valence-electron chi connectivity index (χ2n) is 9.34. The number of hydrogen-bond donors (Lipinski definition) is 2. The van der Waals surface area contributed by atoms with Gasteiger partial charge in [0.25, 0.3) is 5.56 Å². The molecule has 11 nitrogen and oxygen atoms in total. The Kier molecular flexibility index (Phi) is 5.99. The van der Waals surface area contributed by atoms with Crippen molar-refractivity contribution in [2.24, 2.45) is 7.05 Å². The van der Waals surface area contributed by atoms with E-state index in [2.05, 4.69) is 41.1 Å². The van der Waals surface area contributed by atoms with Gasteiger partial charge >= 0.3 is 5.76 Å². The van der Waals surface area contributed by atoms with Crippen molar-refractivity contribution in [3.63, 3.8) is 0 Å². The number of nitrogens with one attached hydrogen (secondary N) is 2. The monoisotopic (exact) mass is 542 g/mol. The molecule has 0 aliphatic carbocycles. The van der Waals surface area contributed by atoms with Gasteiger partial charge in [-0.3, -0.25) is 23.9 Å². The van der Waals surface area contributed by atoms with Crippen LogP contribution in [0.4, 0.5) is 5.69 Å². The van der Waals surface area contributed by atoms with Gasteiger partial charge in [0.2, 0.25) is 5.82 Å². The molecule has 39 heavy (non-hydrogen) atoms. The van der Waals surface area contributed by atoms with E-state index in [9.17, 15) is 9.59 Å². The van der Waals surface area contributed by atoms with Crippen LogP contribution in [0.25, 0.3) is 33.3 Å². The Morgan fingerprint density at radius 1 is 1.15 bits per heavy atom. The summed E-state index contributed by atoms with van der Waals surface area (Å²) in [5.41, 5.74) is 4.18. The van der Waals surface area contributed by atoms with Crippen molar-refractivity contribution in [3.8, 4) is 11.5 Å². The predicted octanol–water partition coefficient (Wildman–Crippen LogP) is 4.20. The minimum absolute atomic E-state index is 0.119. The normalized spacial score (nSPS) is 12.3. The Labute approximate surface area is 226 Å². The maximum atomic E-state index is 13.6. The molecule has 0 aliphatic heterocycles. The Morgan fingerprint density at radius 3 is 2.74 bits per heavy atom. The van der Waals surface area contributed by atoms with Gasteiger partial charge in [0.15, 0.2) is 0 Å². The van der Waals surface area contributed by atoms with Gasteiger partial charge in [-0.25, -0.2) is 14.5 Å². The summed E-state index contributed by atoms with van der Waals surface area (Å²) in [7, 11) is 1.76. The van der Waals surface area contributed by atoms with E-state index in [4.69, 9.17) is 11.6 Å². The van der Waals surface area contributed by atoms with Crippen LogP contribution in [0.1, 0.15) is 29.8 Å². The average Bonchev–Trinajstić information content (AvgIpc) is 3.54. The summed E-state index contributed by atoms with van der Waals surface area (Å²) in [5.74, 6) is -0.547. The molecule has 1 atom stereocenters. The molecule has 0 radical (unpaired) electrons. The lowest BCUT2D eigenvalue weighted by atomic mass is 9.95. The fourth-order valence-corrected chi connectivity index (χ4v) is 5.09. The first kappa shape index (κ1) is 24.6. The molecule has 5 aromatic heterocycles. The lowest BCUT2D eigenvalue weighted by molar-refractivity contribution is 0.388. The van der Waals surface area contributed by atoms with Gasteiger partial charge in [-0.1, -0.05) is 28.9 Å². The number of anilines is 1. The zero-order chi connectivity index (χ0) is 27.3. The fraction of sp³-hybridized carbons (Fsp3) is 0.185. The molecule has 0 saturated heterocycles. The Bertz CT molecular complexity index is 1970. The number of fused-ring (bicyclic) bond motifs is 3. The maximum absolute atomic E-state index is 13.6. The third kappa shape index (κ3) is 4.36. The van der Waals surface area contributed by atoms with Gasteiger partial charge in [-0.2, -0.15) is 5.10 Å². The third-order valence-electron chi connectivity index (χ3n) is 6.65. The van der Waals surface area contributed by atoms with Gasteiger partial charge < -0.3 is 5.32 Å². The molecule has 196 valence electrons. The molecule has 2 N–H and O–H groups in total. The van der Waals surface area contributed by atoms with Gasteiger partial charge in [0.1, 0.15) is 16.5 Å². The molecule has 12 heteroatoms. The highest BCUT2D eigenvalue weighted by molar-refractivity contribution is 6.29. The zero-order valence-electron chi connectivity index (χ0n) is 21.3. The Balaban J connectivity index is 1.51. The molecule has 1 aromatic carbocycles. The van der Waals surface area contributed by atoms with Crippen LogP contribution in [-0.4, -0.2) is 34.5 Å². The number of hydrogen-bond acceptors (Lipinski definition) is 8. The van der Waals surface area contributed by atoms with E-state index in [1.165, 1.54) is 0 Å². The van der Waals surface area contributed by atoms with Crippen LogP contribution in [0.5, 0.6) is 0 Å². The number of aryl methyl sites for hydroxylation is 2. The van der Waals surface area contributed by atoms with Crippen LogP contribution in [-0.2, 0) is 13.6 Å². The predicted molar refractivity (Wildman–Crippen MR) is 148 cm³/mol. The molecule has 0 fully saturated rings. The number of benzene rings is 1. The van der Waals surface area contributed by atoms with Crippen molar-refractivity contribution in [1.29, 1.82) is 0 Å². The summed E-state index contributed by atoms with van der Waals surface area (Å²) in [4.78, 5) is 36.5. The first-order valence-electron chi connectivity index (χ1n) is 12.2. The molecule has 0 spiro atoms. The van der Waals surface area contributed by atoms with E-state index >= 15 is 0 Å². The summed E-state index contributed by atoms with van der Waals surface area (Å²) < 4.78 is 8.10. The standard InChI is InChI=1S/C27H23ClN8O3/c1-14-10-17(15(2)31-20-7-8-21(28)32-23(20)24-33-27(38)39-34-24)22-18(11-14)26(37)35(3)25-19(22)12-30-36(25)13-16-6-4-5-9-29-16/h4-12,15,31H,13H2,1-3H3,(H,33,34,38). The minimum atomic E-state index is -0.698. The molecule has 5 heterocycles. The minimum Gasteiger partial charge on any atom is -0.377 e. The molecule has 0 amide bonds. The van der Waals surface area contributed by atoms with E-state index in [0.29, 0.717) is 29.0 Å². The maximum Gasteiger partial charge on any atom is 0.439 e. The van der Waals surface area contributed by atoms with Crippen LogP contribution in [0, 0.1) is 6.92 Å². The van der Waals surface area contributed by atoms with Gasteiger partial charge in [0, 0.05) is 35.4 Å². The number of pyridine rings is 3. The van der Waals surface area contributed by atoms with E-state index in [1.54, 1.807) is 40.8 Å². The number of aromatic amines is 1. The molecular weight excluding hydrogens is 520 g/mol. The Hall–Kier alpha value is -4.77. The van der Waals surface area contributed by atoms with Crippen molar-refractivity contribution in [2.45, 2.75) is 26.4 Å². The Morgan fingerprint density at radius 2 is 2.00 bits per heavy atom. The topological polar surface area (TPSA) is 137 Å². The first-order valence-corrected chi connectivity index (χ1v) is 12.6. The van der Waals surface area contributed by atoms with Gasteiger partial charge in [-0.05, 0) is 55.3 Å². The highest BCUT2D eigenvalue weighted by Crippen LogP contribution is 2.34. The molecule has 0 bridgehead atoms. The number of rotatable bonds is 6. The second kappa shape index (κ2) is 9.52. The molecule has 6 rings (SSSR count). The van der Waals surface area contributed by atoms with Crippen LogP contribution in [0.2, 0.25) is 5.15 Å². The van der Waals surface area contributed by atoms with Crippen molar-refractivity contribution in [3.05, 3.63) is 97.7 Å². The van der Waals surface area contributed by atoms with Crippen molar-refractivity contribution in [2.75, 3.05) is 5.32 Å². The summed E-state index contributed by atoms with van der Waals surface area (Å²) in [6.07, 6.45) is 3.53. The smallest absolute Gasteiger partial charge is 0.377 e. The molecular formula is C27H23ClN8O3. The van der Waals surface area contributed by atoms with Crippen molar-refractivity contribution < 1.29 is 4.52 Å². The fourth-order valence-electron chi connectivity index (χ4n) is 4.95. The largest absolute Gasteiger partial charge is 0.439 e. The third-order valence-corrected chi connectivity index (χ3v) is 6.86. The van der Waals surface area contributed by atoms with E-state index < -0.39 is 5.76 Å². The van der Waals surface area contributed by atoms with E-state index in [-0.39, 0.29) is 22.6 Å². The summed E-state index contributed by atoms with van der Waals surface area (Å²) >= 11 is 6.14. The molecule has 0 saturated carbocycles. The van der Waals surface area contributed by atoms with Gasteiger partial charge in [-0.15, -0.1) is 0 Å². The zero-order valence-corrected chi connectivity index (χ0v) is 22.0. The molecule has 1 unspecified atom stereocenters.